The number of nitrogens with two attached hydrogens (primary N) is 2. The summed E-state index contributed by atoms with van der Waals surface area (Å²) in [6.45, 7) is 10.2. The number of aliphatic hydroxyl groups excluding tert-OH is 3. The van der Waals surface area contributed by atoms with E-state index in [1.165, 1.54) is 12.2 Å². The number of allylic oxidation sites excluding steroid dienone is 2. The predicted molar refractivity (Wildman–Crippen MR) is 129 cm³/mol. The average molecular weight is 505 g/mol. The molecule has 10 N–H and O–H groups in total. The van der Waals surface area contributed by atoms with Gasteiger partial charge in [-0.15, -0.1) is 0 Å². The van der Waals surface area contributed by atoms with Gasteiger partial charge in [-0.25, -0.2) is 14.4 Å². The van der Waals surface area contributed by atoms with Crippen LogP contribution in [0.1, 0.15) is 19.8 Å². The van der Waals surface area contributed by atoms with Gasteiger partial charge in [0.2, 0.25) is 11.8 Å². The number of rotatable bonds is 11. The highest BCUT2D eigenvalue weighted by Crippen LogP contribution is 2.18. The Bertz CT molecular complexity index is 628. The molecule has 2 amide bonds. The van der Waals surface area contributed by atoms with Crippen molar-refractivity contribution in [2.45, 2.75) is 19.8 Å². The maximum absolute atomic E-state index is 10.1. The van der Waals surface area contributed by atoms with E-state index in [0.29, 0.717) is 12.8 Å². The van der Waals surface area contributed by atoms with Gasteiger partial charge in [-0.05, 0) is 25.0 Å². The third kappa shape index (κ3) is 48.5. The molecule has 13 heteroatoms. The van der Waals surface area contributed by atoms with Crippen LogP contribution < -0.4 is 11.5 Å². The number of aliphatic hydroxyl groups is 3. The van der Waals surface area contributed by atoms with Gasteiger partial charge in [-0.2, -0.15) is 0 Å². The van der Waals surface area contributed by atoms with Crippen LogP contribution in [0.5, 0.6) is 0 Å². The number of hydrogen-bond donors (Lipinski definition) is 8. The van der Waals surface area contributed by atoms with Crippen molar-refractivity contribution >= 4 is 29.7 Å². The molecule has 0 heterocycles. The zero-order valence-electron chi connectivity index (χ0n) is 19.6. The normalized spacial score (nSPS) is 9.26. The highest BCUT2D eigenvalue weighted by molar-refractivity contribution is 5.86. The molecule has 0 atom stereocenters. The Kier molecular flexibility index (Phi) is 35.2. The Labute approximate surface area is 203 Å². The summed E-state index contributed by atoms with van der Waals surface area (Å²) in [6, 6.07) is 0. The van der Waals surface area contributed by atoms with Crippen LogP contribution in [0.4, 0.5) is 0 Å². The second-order valence-corrected chi connectivity index (χ2v) is 5.80. The van der Waals surface area contributed by atoms with Crippen molar-refractivity contribution in [3.05, 3.63) is 62.3 Å². The number of carbonyl (C=O) groups is 5. The topological polar surface area (TPSA) is 259 Å². The fraction of sp³-hybridized carbons (Fsp3) is 0.318. The molecule has 0 aromatic carbocycles. The van der Waals surface area contributed by atoms with Crippen LogP contribution in [0.2, 0.25) is 0 Å². The Balaban J connectivity index is -0.000000112. The van der Waals surface area contributed by atoms with Crippen LogP contribution in [0, 0.1) is 5.41 Å². The van der Waals surface area contributed by atoms with Crippen molar-refractivity contribution in [2.24, 2.45) is 16.9 Å². The second kappa shape index (κ2) is 29.9. The van der Waals surface area contributed by atoms with Gasteiger partial charge in [0.25, 0.3) is 0 Å². The lowest BCUT2D eigenvalue weighted by Crippen LogP contribution is -2.32. The highest BCUT2D eigenvalue weighted by atomic mass is 16.4. The number of carboxylic acids is 3. The van der Waals surface area contributed by atoms with Crippen molar-refractivity contribution < 1.29 is 54.6 Å². The zero-order valence-corrected chi connectivity index (χ0v) is 19.6. The molecule has 200 valence electrons. The Morgan fingerprint density at radius 2 is 0.914 bits per heavy atom. The van der Waals surface area contributed by atoms with Crippen LogP contribution in [0.15, 0.2) is 62.3 Å². The van der Waals surface area contributed by atoms with E-state index in [-0.39, 0.29) is 19.8 Å². The summed E-state index contributed by atoms with van der Waals surface area (Å²) in [7, 11) is 0. The fourth-order valence-electron chi connectivity index (χ4n) is 0.932. The number of amides is 2. The number of hydrogen-bond acceptors (Lipinski definition) is 8. The van der Waals surface area contributed by atoms with E-state index in [1.807, 2.05) is 6.92 Å². The van der Waals surface area contributed by atoms with Crippen LogP contribution in [-0.2, 0) is 24.0 Å². The molecular formula is C22H36N2O11. The van der Waals surface area contributed by atoms with Gasteiger partial charge >= 0.3 is 17.9 Å². The Morgan fingerprint density at radius 3 is 1.00 bits per heavy atom. The standard InChI is InChI=1S/C7H10N2O2.C6H14O3.3C3H4O2/c8-6(10)4-2-1-3-5-7(9)11;1-2-6(3-7,4-8)5-9;3*1-2-3(4)5/h2-5H,1H2,(H2,8,10)(H2,9,11);7-9H,2-5H2,1H3;3*2H,1H2,(H,4,5). The van der Waals surface area contributed by atoms with E-state index in [9.17, 15) is 24.0 Å². The van der Waals surface area contributed by atoms with Crippen LogP contribution in [-0.4, -0.2) is 80.2 Å². The molecule has 0 bridgehead atoms. The maximum Gasteiger partial charge on any atom is 0.327 e. The van der Waals surface area contributed by atoms with Crippen molar-refractivity contribution in [1.29, 1.82) is 0 Å². The lowest BCUT2D eigenvalue weighted by molar-refractivity contribution is -0.132. The first-order valence-electron chi connectivity index (χ1n) is 9.49. The number of aliphatic carboxylic acids is 3. The largest absolute Gasteiger partial charge is 0.478 e. The smallest absolute Gasteiger partial charge is 0.327 e. The van der Waals surface area contributed by atoms with E-state index in [0.717, 1.165) is 18.2 Å². The maximum atomic E-state index is 10.1. The lowest BCUT2D eigenvalue weighted by Gasteiger charge is -2.24. The van der Waals surface area contributed by atoms with Crippen molar-refractivity contribution in [1.82, 2.24) is 0 Å². The summed E-state index contributed by atoms with van der Waals surface area (Å²) in [5, 5.41) is 48.8. The molecule has 0 fully saturated rings. The third-order valence-electron chi connectivity index (χ3n) is 3.12. The highest BCUT2D eigenvalue weighted by Gasteiger charge is 2.24. The summed E-state index contributed by atoms with van der Waals surface area (Å²) >= 11 is 0. The minimum atomic E-state index is -0.981. The van der Waals surface area contributed by atoms with Crippen molar-refractivity contribution in [3.63, 3.8) is 0 Å². The van der Waals surface area contributed by atoms with E-state index in [1.54, 1.807) is 12.2 Å². The first kappa shape index (κ1) is 41.2. The quantitative estimate of drug-likeness (QED) is 0.168. The molecule has 0 aliphatic rings. The molecular weight excluding hydrogens is 468 g/mol. The van der Waals surface area contributed by atoms with Gasteiger partial charge in [0, 0.05) is 23.6 Å². The van der Waals surface area contributed by atoms with Gasteiger partial charge in [0.05, 0.1) is 19.8 Å². The van der Waals surface area contributed by atoms with E-state index in [2.05, 4.69) is 19.7 Å². The summed E-state index contributed by atoms with van der Waals surface area (Å²) in [4.78, 5) is 48.0. The molecule has 13 nitrogen and oxygen atoms in total. The first-order valence-corrected chi connectivity index (χ1v) is 9.49. The SMILES string of the molecule is C=CC(=O)O.C=CC(=O)O.C=CC(=O)O.CCC(CO)(CO)CO.NC(=O)C=CCC=CC(N)=O. The number of carboxylic acid groups (broad SMARTS) is 3. The van der Waals surface area contributed by atoms with E-state index < -0.39 is 35.1 Å². The summed E-state index contributed by atoms with van der Waals surface area (Å²) in [5.41, 5.74) is 8.92. The number of primary amides is 2. The van der Waals surface area contributed by atoms with Crippen molar-refractivity contribution in [2.75, 3.05) is 19.8 Å². The Morgan fingerprint density at radius 1 is 0.686 bits per heavy atom. The molecule has 0 spiro atoms. The number of carbonyl (C=O) groups excluding carboxylic acids is 2. The Hall–Kier alpha value is -4.07. The van der Waals surface area contributed by atoms with Gasteiger partial charge in [0.1, 0.15) is 0 Å². The van der Waals surface area contributed by atoms with Gasteiger partial charge < -0.3 is 42.1 Å². The minimum Gasteiger partial charge on any atom is -0.478 e. The molecule has 0 unspecified atom stereocenters. The average Bonchev–Trinajstić information content (AvgIpc) is 2.81. The van der Waals surface area contributed by atoms with Gasteiger partial charge in [0.15, 0.2) is 0 Å². The molecule has 0 aliphatic carbocycles. The molecule has 35 heavy (non-hydrogen) atoms. The summed E-state index contributed by atoms with van der Waals surface area (Å²) in [5.74, 6) is -3.95. The molecule has 0 aromatic heterocycles. The monoisotopic (exact) mass is 504 g/mol. The fourth-order valence-corrected chi connectivity index (χ4v) is 0.932. The molecule has 0 aliphatic heterocycles. The molecule has 0 radical (unpaired) electrons. The van der Waals surface area contributed by atoms with Gasteiger partial charge in [-0.1, -0.05) is 38.8 Å². The van der Waals surface area contributed by atoms with Crippen molar-refractivity contribution in [3.8, 4) is 0 Å². The summed E-state index contributed by atoms with van der Waals surface area (Å²) in [6.07, 6.45) is 9.11. The summed E-state index contributed by atoms with van der Waals surface area (Å²) < 4.78 is 0. The third-order valence-corrected chi connectivity index (χ3v) is 3.12. The first-order chi connectivity index (χ1) is 16.2. The molecule has 0 saturated heterocycles. The molecule has 0 aromatic rings. The van der Waals surface area contributed by atoms with E-state index in [4.69, 9.17) is 42.1 Å². The molecule has 0 rings (SSSR count). The van der Waals surface area contributed by atoms with Crippen LogP contribution in [0.25, 0.3) is 0 Å². The zero-order chi connectivity index (χ0) is 28.9. The minimum absolute atomic E-state index is 0.156. The van der Waals surface area contributed by atoms with Crippen LogP contribution >= 0.6 is 0 Å². The predicted octanol–water partition coefficient (Wildman–Crippen LogP) is -0.410. The van der Waals surface area contributed by atoms with E-state index >= 15 is 0 Å². The second-order valence-electron chi connectivity index (χ2n) is 5.80. The lowest BCUT2D eigenvalue weighted by atomic mass is 9.88. The van der Waals surface area contributed by atoms with Crippen LogP contribution in [0.3, 0.4) is 0 Å². The van der Waals surface area contributed by atoms with Gasteiger partial charge in [-0.3, -0.25) is 9.59 Å². The molecule has 0 saturated carbocycles.